The van der Waals surface area contributed by atoms with Gasteiger partial charge in [-0.2, -0.15) is 5.11 Å². The minimum absolute atomic E-state index is 0.0407. The number of ketones is 1. The van der Waals surface area contributed by atoms with Gasteiger partial charge in [-0.1, -0.05) is 48.5 Å². The van der Waals surface area contributed by atoms with E-state index in [9.17, 15) is 4.79 Å². The summed E-state index contributed by atoms with van der Waals surface area (Å²) in [4.78, 5) is 11.4. The summed E-state index contributed by atoms with van der Waals surface area (Å²) in [7, 11) is 2.05. The van der Waals surface area contributed by atoms with Crippen LogP contribution < -0.4 is 0 Å². The van der Waals surface area contributed by atoms with Gasteiger partial charge in [-0.3, -0.25) is 4.79 Å². The Kier molecular flexibility index (Phi) is 4.38. The summed E-state index contributed by atoms with van der Waals surface area (Å²) in [6.07, 6.45) is 0. The molecule has 0 N–H and O–H groups in total. The number of hydrogen-bond donors (Lipinski definition) is 0. The number of fused-ring (bicyclic) bond motifs is 1. The van der Waals surface area contributed by atoms with Gasteiger partial charge in [0.2, 0.25) is 0 Å². The number of hydrogen-bond acceptors (Lipinski definition) is 3. The molecule has 132 valence electrons. The molecule has 0 radical (unpaired) electrons. The first-order valence-corrected chi connectivity index (χ1v) is 8.81. The zero-order chi connectivity index (χ0) is 18.8. The fourth-order valence-electron chi connectivity index (χ4n) is 3.27. The second kappa shape index (κ2) is 7.00. The van der Waals surface area contributed by atoms with Gasteiger partial charge in [0.05, 0.1) is 16.9 Å². The first kappa shape index (κ1) is 16.9. The van der Waals surface area contributed by atoms with Crippen molar-refractivity contribution >= 4 is 28.1 Å². The third-order valence-electron chi connectivity index (χ3n) is 4.67. The van der Waals surface area contributed by atoms with Crippen molar-refractivity contribution < 1.29 is 4.79 Å². The first-order chi connectivity index (χ1) is 13.1. The van der Waals surface area contributed by atoms with Gasteiger partial charge in [0.25, 0.3) is 0 Å². The van der Waals surface area contributed by atoms with Gasteiger partial charge in [0.15, 0.2) is 5.78 Å². The third-order valence-corrected chi connectivity index (χ3v) is 4.67. The molecule has 3 aromatic carbocycles. The molecule has 0 atom stereocenters. The molecule has 0 saturated heterocycles. The molecule has 4 rings (SSSR count). The summed E-state index contributed by atoms with van der Waals surface area (Å²) in [6, 6.07) is 25.6. The predicted molar refractivity (Wildman–Crippen MR) is 109 cm³/mol. The van der Waals surface area contributed by atoms with Gasteiger partial charge >= 0.3 is 0 Å². The molecule has 0 spiro atoms. The van der Waals surface area contributed by atoms with Gasteiger partial charge in [0.1, 0.15) is 5.69 Å². The second-order valence-corrected chi connectivity index (χ2v) is 6.44. The summed E-state index contributed by atoms with van der Waals surface area (Å²) in [5.41, 5.74) is 5.46. The van der Waals surface area contributed by atoms with Crippen molar-refractivity contribution in [1.82, 2.24) is 4.57 Å². The summed E-state index contributed by atoms with van der Waals surface area (Å²) in [5.74, 6) is 0.0407. The number of Topliss-reactive ketones (excluding diaryl/α,β-unsaturated/α-hetero) is 1. The number of benzene rings is 3. The SMILES string of the molecule is CC(=O)c1ccc(N=Nc2c(-c3ccccc3)n(C)c3ccccc23)cc1. The summed E-state index contributed by atoms with van der Waals surface area (Å²) >= 11 is 0. The number of aromatic nitrogens is 1. The van der Waals surface area contributed by atoms with Gasteiger partial charge in [-0.25, -0.2) is 0 Å². The van der Waals surface area contributed by atoms with Crippen LogP contribution in [0.4, 0.5) is 11.4 Å². The molecule has 4 aromatic rings. The molecular formula is C23H19N3O. The van der Waals surface area contributed by atoms with E-state index in [2.05, 4.69) is 39.1 Å². The molecule has 0 aliphatic heterocycles. The van der Waals surface area contributed by atoms with Crippen molar-refractivity contribution in [2.24, 2.45) is 17.3 Å². The van der Waals surface area contributed by atoms with Gasteiger partial charge in [-0.15, -0.1) is 5.11 Å². The second-order valence-electron chi connectivity index (χ2n) is 6.44. The fraction of sp³-hybridized carbons (Fsp3) is 0.0870. The molecular weight excluding hydrogens is 334 g/mol. The Morgan fingerprint density at radius 3 is 2.19 bits per heavy atom. The summed E-state index contributed by atoms with van der Waals surface area (Å²) in [5, 5.41) is 10.1. The van der Waals surface area contributed by atoms with E-state index in [1.54, 1.807) is 19.1 Å². The maximum Gasteiger partial charge on any atom is 0.159 e. The number of para-hydroxylation sites is 1. The van der Waals surface area contributed by atoms with Crippen LogP contribution in [0.5, 0.6) is 0 Å². The van der Waals surface area contributed by atoms with Gasteiger partial charge < -0.3 is 4.57 Å². The van der Waals surface area contributed by atoms with E-state index in [1.165, 1.54) is 0 Å². The quantitative estimate of drug-likeness (QED) is 0.306. The van der Waals surface area contributed by atoms with Crippen molar-refractivity contribution in [2.75, 3.05) is 0 Å². The molecule has 0 amide bonds. The average Bonchev–Trinajstić information content (AvgIpc) is 2.99. The van der Waals surface area contributed by atoms with E-state index >= 15 is 0 Å². The van der Waals surface area contributed by atoms with E-state index in [1.807, 2.05) is 49.5 Å². The fourth-order valence-corrected chi connectivity index (χ4v) is 3.27. The van der Waals surface area contributed by atoms with Crippen LogP contribution in [-0.4, -0.2) is 10.4 Å². The van der Waals surface area contributed by atoms with E-state index < -0.39 is 0 Å². The number of nitrogens with zero attached hydrogens (tertiary/aromatic N) is 3. The average molecular weight is 353 g/mol. The third kappa shape index (κ3) is 3.17. The molecule has 0 aliphatic carbocycles. The minimum atomic E-state index is 0.0407. The van der Waals surface area contributed by atoms with Crippen LogP contribution in [-0.2, 0) is 7.05 Å². The topological polar surface area (TPSA) is 46.7 Å². The maximum atomic E-state index is 11.4. The maximum absolute atomic E-state index is 11.4. The molecule has 1 heterocycles. The van der Waals surface area contributed by atoms with Crippen molar-refractivity contribution in [3.05, 3.63) is 84.4 Å². The molecule has 0 fully saturated rings. The van der Waals surface area contributed by atoms with Crippen molar-refractivity contribution in [2.45, 2.75) is 6.92 Å². The lowest BCUT2D eigenvalue weighted by atomic mass is 10.1. The van der Waals surface area contributed by atoms with E-state index in [4.69, 9.17) is 0 Å². The lowest BCUT2D eigenvalue weighted by molar-refractivity contribution is 0.101. The highest BCUT2D eigenvalue weighted by atomic mass is 16.1. The van der Waals surface area contributed by atoms with Crippen LogP contribution in [0.15, 0.2) is 89.1 Å². The molecule has 0 unspecified atom stereocenters. The highest BCUT2D eigenvalue weighted by Gasteiger charge is 2.16. The number of aryl methyl sites for hydroxylation is 1. The number of rotatable bonds is 4. The monoisotopic (exact) mass is 353 g/mol. The Labute approximate surface area is 157 Å². The van der Waals surface area contributed by atoms with E-state index in [0.717, 1.165) is 27.8 Å². The lowest BCUT2D eigenvalue weighted by Crippen LogP contribution is -1.90. The lowest BCUT2D eigenvalue weighted by Gasteiger charge is -2.05. The molecule has 0 aliphatic rings. The van der Waals surface area contributed by atoms with Crippen LogP contribution in [0, 0.1) is 0 Å². The Hall–Kier alpha value is -3.53. The molecule has 1 aromatic heterocycles. The summed E-state index contributed by atoms with van der Waals surface area (Å²) < 4.78 is 2.15. The first-order valence-electron chi connectivity index (χ1n) is 8.81. The van der Waals surface area contributed by atoms with Crippen LogP contribution >= 0.6 is 0 Å². The van der Waals surface area contributed by atoms with Gasteiger partial charge in [-0.05, 0) is 37.3 Å². The van der Waals surface area contributed by atoms with E-state index in [0.29, 0.717) is 11.3 Å². The standard InChI is InChI=1S/C23H19N3O/c1-16(27)17-12-14-19(15-13-17)24-25-22-20-10-6-7-11-21(20)26(2)23(22)18-8-4-3-5-9-18/h3-15H,1-2H3. The Bertz CT molecular complexity index is 1140. The number of azo groups is 1. The van der Waals surface area contributed by atoms with Crippen molar-refractivity contribution in [3.63, 3.8) is 0 Å². The molecule has 0 saturated carbocycles. The Balaban J connectivity index is 1.84. The van der Waals surface area contributed by atoms with Crippen LogP contribution in [0.25, 0.3) is 22.2 Å². The van der Waals surface area contributed by atoms with E-state index in [-0.39, 0.29) is 5.78 Å². The molecule has 4 nitrogen and oxygen atoms in total. The normalized spacial score (nSPS) is 11.3. The molecule has 0 bridgehead atoms. The highest BCUT2D eigenvalue weighted by molar-refractivity contribution is 6.00. The highest BCUT2D eigenvalue weighted by Crippen LogP contribution is 2.40. The van der Waals surface area contributed by atoms with Crippen molar-refractivity contribution in [1.29, 1.82) is 0 Å². The predicted octanol–water partition coefficient (Wildman–Crippen LogP) is 6.46. The zero-order valence-electron chi connectivity index (χ0n) is 15.3. The zero-order valence-corrected chi connectivity index (χ0v) is 15.3. The largest absolute Gasteiger partial charge is 0.342 e. The number of carbonyl (C=O) groups is 1. The number of carbonyl (C=O) groups excluding carboxylic acids is 1. The molecule has 27 heavy (non-hydrogen) atoms. The van der Waals surface area contributed by atoms with Crippen LogP contribution in [0.3, 0.4) is 0 Å². The minimum Gasteiger partial charge on any atom is -0.342 e. The Morgan fingerprint density at radius 1 is 0.815 bits per heavy atom. The smallest absolute Gasteiger partial charge is 0.159 e. The van der Waals surface area contributed by atoms with Gasteiger partial charge in [0, 0.05) is 23.6 Å². The molecule has 4 heteroatoms. The van der Waals surface area contributed by atoms with Crippen molar-refractivity contribution in [3.8, 4) is 11.3 Å². The summed E-state index contributed by atoms with van der Waals surface area (Å²) in [6.45, 7) is 1.55. The van der Waals surface area contributed by atoms with Crippen LogP contribution in [0.1, 0.15) is 17.3 Å². The Morgan fingerprint density at radius 2 is 1.48 bits per heavy atom. The van der Waals surface area contributed by atoms with Crippen LogP contribution in [0.2, 0.25) is 0 Å².